The predicted molar refractivity (Wildman–Crippen MR) is 78.0 cm³/mol. The molecule has 0 saturated heterocycles. The first-order chi connectivity index (χ1) is 9.14. The van der Waals surface area contributed by atoms with Crippen LogP contribution in [0.3, 0.4) is 0 Å². The number of carbonyl (C=O) groups is 1. The monoisotopic (exact) mass is 284 g/mol. The third-order valence-electron chi connectivity index (χ3n) is 2.57. The van der Waals surface area contributed by atoms with Crippen LogP contribution in [0.25, 0.3) is 0 Å². The Kier molecular flexibility index (Phi) is 6.37. The molecule has 0 aliphatic rings. The molecule has 7 nitrogen and oxygen atoms in total. The molecule has 1 amide bonds. The molecule has 0 unspecified atom stereocenters. The van der Waals surface area contributed by atoms with Gasteiger partial charge in [0.2, 0.25) is 5.91 Å². The Morgan fingerprint density at radius 3 is 2.53 bits per heavy atom. The third kappa shape index (κ3) is 4.56. The quantitative estimate of drug-likeness (QED) is 0.294. The summed E-state index contributed by atoms with van der Waals surface area (Å²) in [5.41, 5.74) is 2.48. The van der Waals surface area contributed by atoms with Crippen molar-refractivity contribution in [3.8, 4) is 0 Å². The molecule has 1 rings (SSSR count). The summed E-state index contributed by atoms with van der Waals surface area (Å²) in [6.07, 6.45) is 1.88. The molecule has 0 bridgehead atoms. The van der Waals surface area contributed by atoms with Gasteiger partial charge in [0.05, 0.1) is 6.54 Å². The van der Waals surface area contributed by atoms with Crippen LogP contribution < -0.4 is 16.6 Å². The lowest BCUT2D eigenvalue weighted by Gasteiger charge is -2.19. The van der Waals surface area contributed by atoms with E-state index in [0.717, 1.165) is 0 Å². The van der Waals surface area contributed by atoms with Crippen LogP contribution in [0, 0.1) is 0 Å². The van der Waals surface area contributed by atoms with E-state index in [4.69, 9.17) is 5.84 Å². The summed E-state index contributed by atoms with van der Waals surface area (Å²) in [5.74, 6) is 6.46. The smallest absolute Gasteiger partial charge is 0.241 e. The van der Waals surface area contributed by atoms with E-state index >= 15 is 0 Å². The van der Waals surface area contributed by atoms with Gasteiger partial charge in [-0.25, -0.2) is 15.8 Å². The Bertz CT molecular complexity index is 401. The molecule has 0 fully saturated rings. The van der Waals surface area contributed by atoms with E-state index in [-0.39, 0.29) is 12.5 Å². The number of nitrogens with two attached hydrogens (primary N) is 1. The van der Waals surface area contributed by atoms with Gasteiger partial charge in [0.25, 0.3) is 0 Å². The zero-order valence-corrected chi connectivity index (χ0v) is 12.3. The highest BCUT2D eigenvalue weighted by molar-refractivity contribution is 7.98. The van der Waals surface area contributed by atoms with E-state index in [9.17, 15) is 4.79 Å². The van der Waals surface area contributed by atoms with E-state index in [1.54, 1.807) is 11.0 Å². The van der Waals surface area contributed by atoms with Crippen LogP contribution >= 0.6 is 11.8 Å². The van der Waals surface area contributed by atoms with E-state index in [1.165, 1.54) is 11.8 Å². The van der Waals surface area contributed by atoms with Gasteiger partial charge in [-0.3, -0.25) is 4.79 Å². The van der Waals surface area contributed by atoms with Crippen molar-refractivity contribution in [1.82, 2.24) is 14.9 Å². The Labute approximate surface area is 117 Å². The number of nitrogen functional groups attached to an aromatic ring is 1. The zero-order chi connectivity index (χ0) is 14.3. The van der Waals surface area contributed by atoms with Crippen molar-refractivity contribution in [3.05, 3.63) is 6.07 Å². The van der Waals surface area contributed by atoms with Crippen molar-refractivity contribution in [1.29, 1.82) is 0 Å². The van der Waals surface area contributed by atoms with Crippen molar-refractivity contribution in [2.45, 2.75) is 19.0 Å². The summed E-state index contributed by atoms with van der Waals surface area (Å²) in [5, 5.41) is 3.58. The number of hydrogen-bond acceptors (Lipinski definition) is 7. The lowest BCUT2D eigenvalue weighted by atomic mass is 10.4. The number of carbonyl (C=O) groups excluding carboxylic acids is 1. The minimum absolute atomic E-state index is 0.0385. The van der Waals surface area contributed by atoms with Crippen LogP contribution in [0.15, 0.2) is 11.2 Å². The molecule has 1 heterocycles. The highest BCUT2D eigenvalue weighted by Gasteiger charge is 2.10. The first kappa shape index (κ1) is 15.5. The Morgan fingerprint density at radius 1 is 1.37 bits per heavy atom. The standard InChI is InChI=1S/C11H20N6OS/c1-4-17(5-2)10(18)7-13-8-6-9(16-12)15-11(14-8)19-3/h6H,4-5,7,12H2,1-3H3,(H2,13,14,15,16). The number of anilines is 2. The summed E-state index contributed by atoms with van der Waals surface area (Å²) in [4.78, 5) is 22.0. The molecule has 19 heavy (non-hydrogen) atoms. The van der Waals surface area contributed by atoms with Crippen molar-refractivity contribution in [2.24, 2.45) is 5.84 Å². The van der Waals surface area contributed by atoms with Gasteiger partial charge in [0.15, 0.2) is 5.16 Å². The van der Waals surface area contributed by atoms with Crippen LogP contribution in [-0.2, 0) is 4.79 Å². The van der Waals surface area contributed by atoms with Crippen LogP contribution in [0.5, 0.6) is 0 Å². The SMILES string of the molecule is CCN(CC)C(=O)CNc1cc(NN)nc(SC)n1. The van der Waals surface area contributed by atoms with Crippen LogP contribution in [0.2, 0.25) is 0 Å². The van der Waals surface area contributed by atoms with Crippen LogP contribution in [0.4, 0.5) is 11.6 Å². The minimum Gasteiger partial charge on any atom is -0.361 e. The second kappa shape index (κ2) is 7.80. The fourth-order valence-electron chi connectivity index (χ4n) is 1.54. The number of likely N-dealkylation sites (N-methyl/N-ethyl adjacent to an activating group) is 1. The molecule has 0 aliphatic heterocycles. The fraction of sp³-hybridized carbons (Fsp3) is 0.545. The molecule has 0 radical (unpaired) electrons. The largest absolute Gasteiger partial charge is 0.361 e. The first-order valence-electron chi connectivity index (χ1n) is 6.05. The second-order valence-corrected chi connectivity index (χ2v) is 4.46. The normalized spacial score (nSPS) is 10.1. The number of aromatic nitrogens is 2. The van der Waals surface area contributed by atoms with Gasteiger partial charge in [-0.2, -0.15) is 0 Å². The van der Waals surface area contributed by atoms with Crippen LogP contribution in [-0.4, -0.2) is 46.7 Å². The van der Waals surface area contributed by atoms with Gasteiger partial charge < -0.3 is 15.6 Å². The number of amides is 1. The van der Waals surface area contributed by atoms with Gasteiger partial charge in [-0.1, -0.05) is 11.8 Å². The van der Waals surface area contributed by atoms with Crippen molar-refractivity contribution < 1.29 is 4.79 Å². The summed E-state index contributed by atoms with van der Waals surface area (Å²) in [6.45, 7) is 5.51. The maximum absolute atomic E-state index is 11.9. The number of hydrogen-bond donors (Lipinski definition) is 3. The number of hydrazine groups is 1. The van der Waals surface area contributed by atoms with Crippen molar-refractivity contribution in [3.63, 3.8) is 0 Å². The summed E-state index contributed by atoms with van der Waals surface area (Å²) in [7, 11) is 0. The van der Waals surface area contributed by atoms with Gasteiger partial charge in [0.1, 0.15) is 11.6 Å². The lowest BCUT2D eigenvalue weighted by molar-refractivity contribution is -0.128. The highest BCUT2D eigenvalue weighted by atomic mass is 32.2. The average molecular weight is 284 g/mol. The summed E-state index contributed by atoms with van der Waals surface area (Å²) in [6, 6.07) is 1.66. The molecule has 8 heteroatoms. The third-order valence-corrected chi connectivity index (χ3v) is 3.12. The lowest BCUT2D eigenvalue weighted by Crippen LogP contribution is -2.35. The van der Waals surface area contributed by atoms with E-state index in [1.807, 2.05) is 20.1 Å². The van der Waals surface area contributed by atoms with E-state index < -0.39 is 0 Å². The fourth-order valence-corrected chi connectivity index (χ4v) is 1.91. The minimum atomic E-state index is 0.0385. The molecule has 1 aromatic heterocycles. The molecular weight excluding hydrogens is 264 g/mol. The van der Waals surface area contributed by atoms with E-state index in [2.05, 4.69) is 20.7 Å². The second-order valence-electron chi connectivity index (χ2n) is 3.69. The molecule has 0 saturated carbocycles. The number of nitrogens with zero attached hydrogens (tertiary/aromatic N) is 3. The maximum Gasteiger partial charge on any atom is 0.241 e. The Hall–Kier alpha value is -1.54. The Balaban J connectivity index is 2.69. The van der Waals surface area contributed by atoms with Crippen molar-refractivity contribution in [2.75, 3.05) is 36.6 Å². The molecule has 106 valence electrons. The molecule has 1 aromatic rings. The molecule has 0 aromatic carbocycles. The molecular formula is C11H20N6OS. The van der Waals surface area contributed by atoms with Gasteiger partial charge >= 0.3 is 0 Å². The molecule has 0 aliphatic carbocycles. The predicted octanol–water partition coefficient (Wildman–Crippen LogP) is 0.764. The zero-order valence-electron chi connectivity index (χ0n) is 11.4. The van der Waals surface area contributed by atoms with E-state index in [0.29, 0.717) is 29.9 Å². The van der Waals surface area contributed by atoms with Crippen LogP contribution in [0.1, 0.15) is 13.8 Å². The van der Waals surface area contributed by atoms with Gasteiger partial charge in [0, 0.05) is 19.2 Å². The molecule has 0 spiro atoms. The summed E-state index contributed by atoms with van der Waals surface area (Å²) < 4.78 is 0. The van der Waals surface area contributed by atoms with Gasteiger partial charge in [-0.05, 0) is 20.1 Å². The highest BCUT2D eigenvalue weighted by Crippen LogP contribution is 2.16. The topological polar surface area (TPSA) is 96.2 Å². The number of nitrogens with one attached hydrogen (secondary N) is 2. The summed E-state index contributed by atoms with van der Waals surface area (Å²) >= 11 is 1.41. The first-order valence-corrected chi connectivity index (χ1v) is 7.28. The van der Waals surface area contributed by atoms with Crippen molar-refractivity contribution >= 4 is 29.3 Å². The number of rotatable bonds is 7. The molecule has 0 atom stereocenters. The Morgan fingerprint density at radius 2 is 2.00 bits per heavy atom. The van der Waals surface area contributed by atoms with Gasteiger partial charge in [-0.15, -0.1) is 0 Å². The number of thioether (sulfide) groups is 1. The average Bonchev–Trinajstić information content (AvgIpc) is 2.45. The maximum atomic E-state index is 11.9. The molecule has 4 N–H and O–H groups in total.